The summed E-state index contributed by atoms with van der Waals surface area (Å²) in [5, 5.41) is -0.0549. The van der Waals surface area contributed by atoms with Crippen LogP contribution in [0, 0.1) is 0 Å². The Labute approximate surface area is 132 Å². The Hall–Kier alpha value is -2.24. The van der Waals surface area contributed by atoms with Crippen molar-refractivity contribution in [2.24, 2.45) is 4.40 Å². The molecule has 6 heteroatoms. The lowest BCUT2D eigenvalue weighted by Gasteiger charge is -2.13. The fourth-order valence-electron chi connectivity index (χ4n) is 2.15. The van der Waals surface area contributed by atoms with Crippen molar-refractivity contribution in [2.75, 3.05) is 0 Å². The van der Waals surface area contributed by atoms with E-state index in [1.807, 2.05) is 0 Å². The highest BCUT2D eigenvalue weighted by atomic mass is 35.5. The van der Waals surface area contributed by atoms with Gasteiger partial charge in [-0.15, -0.1) is 0 Å². The van der Waals surface area contributed by atoms with E-state index in [2.05, 4.69) is 4.40 Å². The molecule has 0 aromatic heterocycles. The van der Waals surface area contributed by atoms with Gasteiger partial charge in [0.15, 0.2) is 0 Å². The van der Waals surface area contributed by atoms with Gasteiger partial charge in [-0.25, -0.2) is 0 Å². The van der Waals surface area contributed by atoms with Gasteiger partial charge >= 0.3 is 0 Å². The van der Waals surface area contributed by atoms with Crippen molar-refractivity contribution in [2.45, 2.75) is 4.90 Å². The molecule has 110 valence electrons. The number of carbonyl (C=O) groups is 1. The van der Waals surface area contributed by atoms with E-state index >= 15 is 0 Å². The van der Waals surface area contributed by atoms with Crippen LogP contribution in [-0.4, -0.2) is 19.9 Å². The van der Waals surface area contributed by atoms with Crippen molar-refractivity contribution >= 4 is 33.1 Å². The molecule has 1 aliphatic rings. The Balaban J connectivity index is 2.18. The van der Waals surface area contributed by atoms with E-state index in [4.69, 9.17) is 11.6 Å². The quantitative estimate of drug-likeness (QED) is 0.849. The molecule has 2 aromatic carbocycles. The minimum atomic E-state index is -3.87. The predicted molar refractivity (Wildman–Crippen MR) is 84.9 cm³/mol. The molecule has 2 aromatic rings. The minimum Gasteiger partial charge on any atom is -0.288 e. The van der Waals surface area contributed by atoms with E-state index in [9.17, 15) is 13.2 Å². The van der Waals surface area contributed by atoms with Crippen LogP contribution >= 0.6 is 11.6 Å². The Kier molecular flexibility index (Phi) is 3.68. The van der Waals surface area contributed by atoms with Crippen LogP contribution in [0.25, 0.3) is 0 Å². The smallest absolute Gasteiger partial charge is 0.282 e. The third-order valence-electron chi connectivity index (χ3n) is 3.19. The Morgan fingerprint density at radius 1 is 0.864 bits per heavy atom. The molecule has 0 atom stereocenters. The zero-order valence-electron chi connectivity index (χ0n) is 11.2. The lowest BCUT2D eigenvalue weighted by Crippen LogP contribution is -2.16. The number of nitrogens with zero attached hydrogens (tertiary/aromatic N) is 1. The van der Waals surface area contributed by atoms with E-state index in [0.717, 1.165) is 0 Å². The van der Waals surface area contributed by atoms with Gasteiger partial charge in [0.05, 0.1) is 15.6 Å². The molecule has 4 nitrogen and oxygen atoms in total. The predicted octanol–water partition coefficient (Wildman–Crippen LogP) is 3.18. The first kappa shape index (κ1) is 14.7. The maximum Gasteiger partial charge on any atom is 0.282 e. The second-order valence-corrected chi connectivity index (χ2v) is 6.64. The maximum atomic E-state index is 12.4. The highest BCUT2D eigenvalue weighted by molar-refractivity contribution is 7.90. The van der Waals surface area contributed by atoms with Gasteiger partial charge in [-0.2, -0.15) is 12.8 Å². The molecule has 0 radical (unpaired) electrons. The SMILES string of the molecule is O=C1C(Cl)=C/C(=N/S(=O)(=O)c2ccccc2)c2ccccc21. The fraction of sp³-hybridized carbons (Fsp3) is 0. The van der Waals surface area contributed by atoms with E-state index in [0.29, 0.717) is 11.1 Å². The maximum absolute atomic E-state index is 12.4. The zero-order valence-corrected chi connectivity index (χ0v) is 12.8. The summed E-state index contributed by atoms with van der Waals surface area (Å²) in [6.45, 7) is 0. The summed E-state index contributed by atoms with van der Waals surface area (Å²) in [7, 11) is -3.87. The number of rotatable bonds is 2. The first-order valence-electron chi connectivity index (χ1n) is 6.40. The molecule has 0 fully saturated rings. The molecule has 0 saturated heterocycles. The summed E-state index contributed by atoms with van der Waals surface area (Å²) in [5.41, 5.74) is 0.956. The zero-order chi connectivity index (χ0) is 15.7. The van der Waals surface area contributed by atoms with Crippen LogP contribution in [0.5, 0.6) is 0 Å². The molecule has 3 rings (SSSR count). The Morgan fingerprint density at radius 2 is 1.45 bits per heavy atom. The highest BCUT2D eigenvalue weighted by Gasteiger charge is 2.24. The minimum absolute atomic E-state index is 0.0549. The summed E-state index contributed by atoms with van der Waals surface area (Å²) in [6, 6.07) is 14.5. The number of Topliss-reactive ketones (excluding diaryl/α,β-unsaturated/α-hetero) is 1. The molecular weight excluding hydrogens is 322 g/mol. The van der Waals surface area contributed by atoms with Crippen molar-refractivity contribution in [3.63, 3.8) is 0 Å². The van der Waals surface area contributed by atoms with Crippen LogP contribution < -0.4 is 0 Å². The van der Waals surface area contributed by atoms with Gasteiger partial charge in [0.2, 0.25) is 5.78 Å². The summed E-state index contributed by atoms with van der Waals surface area (Å²) >= 11 is 5.90. The fourth-order valence-corrected chi connectivity index (χ4v) is 3.37. The third-order valence-corrected chi connectivity index (χ3v) is 4.77. The molecule has 0 saturated carbocycles. The summed E-state index contributed by atoms with van der Waals surface area (Å²) in [6.07, 6.45) is 1.28. The number of halogens is 1. The number of benzene rings is 2. The van der Waals surface area contributed by atoms with E-state index in [1.165, 1.54) is 18.2 Å². The number of hydrogen-bond acceptors (Lipinski definition) is 3. The average molecular weight is 332 g/mol. The van der Waals surface area contributed by atoms with E-state index < -0.39 is 10.0 Å². The molecule has 0 unspecified atom stereocenters. The van der Waals surface area contributed by atoms with Crippen LogP contribution in [0.15, 0.2) is 75.0 Å². The Morgan fingerprint density at radius 3 is 2.14 bits per heavy atom. The van der Waals surface area contributed by atoms with Crippen LogP contribution in [0.1, 0.15) is 15.9 Å². The van der Waals surface area contributed by atoms with Gasteiger partial charge < -0.3 is 0 Å². The molecule has 0 bridgehead atoms. The lowest BCUT2D eigenvalue weighted by molar-refractivity contribution is 0.104. The van der Waals surface area contributed by atoms with Crippen molar-refractivity contribution < 1.29 is 13.2 Å². The topological polar surface area (TPSA) is 63.6 Å². The van der Waals surface area contributed by atoms with Gasteiger partial charge in [0, 0.05) is 11.1 Å². The summed E-state index contributed by atoms with van der Waals surface area (Å²) in [5.74, 6) is -0.340. The van der Waals surface area contributed by atoms with E-state index in [-0.39, 0.29) is 21.4 Å². The summed E-state index contributed by atoms with van der Waals surface area (Å²) in [4.78, 5) is 12.1. The lowest BCUT2D eigenvalue weighted by atomic mass is 9.94. The number of allylic oxidation sites excluding steroid dienone is 2. The van der Waals surface area contributed by atoms with Gasteiger partial charge in [0.25, 0.3) is 10.0 Å². The standard InChI is InChI=1S/C16H10ClNO3S/c17-14-10-15(12-8-4-5-9-13(12)16(14)19)18-22(20,21)11-6-2-1-3-7-11/h1-10H/b18-15-. The van der Waals surface area contributed by atoms with Crippen LogP contribution in [0.4, 0.5) is 0 Å². The van der Waals surface area contributed by atoms with Gasteiger partial charge in [0.1, 0.15) is 0 Å². The normalized spacial score (nSPS) is 16.3. The average Bonchev–Trinajstić information content (AvgIpc) is 2.53. The van der Waals surface area contributed by atoms with Gasteiger partial charge in [-0.1, -0.05) is 54.1 Å². The van der Waals surface area contributed by atoms with E-state index in [1.54, 1.807) is 42.5 Å². The van der Waals surface area contributed by atoms with Crippen molar-refractivity contribution in [3.8, 4) is 0 Å². The first-order valence-corrected chi connectivity index (χ1v) is 8.22. The molecule has 1 aliphatic carbocycles. The third kappa shape index (κ3) is 2.61. The number of carbonyl (C=O) groups excluding carboxylic acids is 1. The largest absolute Gasteiger partial charge is 0.288 e. The number of ketones is 1. The van der Waals surface area contributed by atoms with Crippen molar-refractivity contribution in [1.29, 1.82) is 0 Å². The molecule has 0 spiro atoms. The molecule has 22 heavy (non-hydrogen) atoms. The Bertz CT molecular complexity index is 915. The highest BCUT2D eigenvalue weighted by Crippen LogP contribution is 2.25. The monoisotopic (exact) mass is 331 g/mol. The molecular formula is C16H10ClNO3S. The molecule has 0 N–H and O–H groups in total. The number of hydrogen-bond donors (Lipinski definition) is 0. The summed E-state index contributed by atoms with van der Waals surface area (Å²) < 4.78 is 28.5. The van der Waals surface area contributed by atoms with Gasteiger partial charge in [-0.3, -0.25) is 4.79 Å². The second-order valence-electron chi connectivity index (χ2n) is 4.63. The second kappa shape index (κ2) is 5.51. The van der Waals surface area contributed by atoms with Crippen LogP contribution in [-0.2, 0) is 10.0 Å². The number of fused-ring (bicyclic) bond motifs is 1. The van der Waals surface area contributed by atoms with Crippen LogP contribution in [0.3, 0.4) is 0 Å². The van der Waals surface area contributed by atoms with Crippen molar-refractivity contribution in [1.82, 2.24) is 0 Å². The van der Waals surface area contributed by atoms with Gasteiger partial charge in [-0.05, 0) is 18.2 Å². The molecule has 0 aliphatic heterocycles. The van der Waals surface area contributed by atoms with Crippen molar-refractivity contribution in [3.05, 3.63) is 76.8 Å². The first-order chi connectivity index (χ1) is 10.5. The molecule has 0 amide bonds. The number of sulfonamides is 1. The van der Waals surface area contributed by atoms with Crippen LogP contribution in [0.2, 0.25) is 0 Å². The molecule has 0 heterocycles.